The van der Waals surface area contributed by atoms with Crippen LogP contribution >= 0.6 is 22.7 Å². The van der Waals surface area contributed by atoms with Gasteiger partial charge < -0.3 is 45.6 Å². The number of nitrogens with zero attached hydrogens (tertiary/aromatic N) is 10. The number of β-amino-alcohol motifs (C(OH)–C–C–N with tert-alkyl or cyclic N) is 1. The van der Waals surface area contributed by atoms with Gasteiger partial charge in [0.05, 0.1) is 56.8 Å². The number of aryl methyl sites for hydroxylation is 1. The maximum absolute atomic E-state index is 14.2. The number of benzene rings is 2. The van der Waals surface area contributed by atoms with Crippen molar-refractivity contribution in [3.63, 3.8) is 0 Å². The topological polar surface area (TPSA) is 246 Å². The summed E-state index contributed by atoms with van der Waals surface area (Å²) in [5, 5.41) is 46.1. The number of aliphatic hydroxyl groups is 1. The molecule has 0 spiro atoms. The number of hydrogen-bond acceptors (Lipinski definition) is 17. The van der Waals surface area contributed by atoms with E-state index in [2.05, 4.69) is 69.5 Å². The molecule has 7 heterocycles. The van der Waals surface area contributed by atoms with Crippen molar-refractivity contribution < 1.29 is 34.1 Å². The summed E-state index contributed by atoms with van der Waals surface area (Å²) in [6.45, 7) is 22.9. The van der Waals surface area contributed by atoms with Gasteiger partial charge in [-0.15, -0.1) is 21.5 Å². The minimum atomic E-state index is -1.09. The maximum Gasteiger partial charge on any atom is 0.355 e. The Bertz CT molecular complexity index is 4010. The van der Waals surface area contributed by atoms with Gasteiger partial charge in [0.2, 0.25) is 17.7 Å². The molecule has 6 atom stereocenters. The normalized spacial score (nSPS) is 23.1. The number of anilines is 4. The fourth-order valence-corrected chi connectivity index (χ4v) is 20.0. The second kappa shape index (κ2) is 30.4. The number of fused-ring (bicyclic) bond motifs is 2. The standard InChI is InChI=1S/C78H105N13O7S2/c1-50-57-25-24-36-89(69(57)87-86-68(50)85-73-82-60-26-21-22-27-62(60)100-73)63-34-33-58(65(83-63)72(96)97)59-40-80-91(53(59)4)48-77-43-75(8)42-76(9,44-77)46-78(45-75,47-77)98-38-37-88(10)35-23-19-17-15-13-11-12-14-16-18-20-28-64(93)84-67(74(5,6)7)71(95)90-41-56(92)39-61(90)70(94)81-51(2)54-29-31-55(32-30-54)66-52(3)79-49-99-66/h21-22,26-27,29-34,40,49,51,56,61,67,92H,11-20,23-25,28,35-39,41-48H2,1-10H3,(H,81,94)(H,84,93)(H,96,97)(H,82,85,86)/t51-,56+,61-,67+,75?,76?,77?,78?/m0/s1. The number of unbranched alkanes of at least 4 members (excludes halogenated alkanes) is 10. The summed E-state index contributed by atoms with van der Waals surface area (Å²) in [5.74, 6) is -0.0363. The molecule has 100 heavy (non-hydrogen) atoms. The Balaban J connectivity index is 0.541. The summed E-state index contributed by atoms with van der Waals surface area (Å²) in [5.41, 5.74) is 9.64. The number of ether oxygens (including phenoxy) is 1. The summed E-state index contributed by atoms with van der Waals surface area (Å²) in [6.07, 6.45) is 22.3. The quantitative estimate of drug-likeness (QED) is 0.0254. The fourth-order valence-electron chi connectivity index (χ4n) is 18.3. The van der Waals surface area contributed by atoms with Gasteiger partial charge in [0.1, 0.15) is 17.9 Å². The van der Waals surface area contributed by atoms with Gasteiger partial charge in [-0.1, -0.05) is 140 Å². The number of amides is 3. The summed E-state index contributed by atoms with van der Waals surface area (Å²) < 4.78 is 10.4. The maximum atomic E-state index is 14.2. The van der Waals surface area contributed by atoms with E-state index in [-0.39, 0.29) is 64.3 Å². The second-order valence-corrected chi connectivity index (χ2v) is 33.9. The Labute approximate surface area is 598 Å². The zero-order chi connectivity index (χ0) is 70.7. The number of carbonyl (C=O) groups is 4. The fraction of sp³-hybridized carbons (Fsp3) is 0.590. The van der Waals surface area contributed by atoms with Crippen LogP contribution < -0.4 is 20.9 Å². The van der Waals surface area contributed by atoms with Crippen LogP contribution in [-0.4, -0.2) is 142 Å². The number of aromatic carboxylic acids is 1. The molecule has 2 unspecified atom stereocenters. The first-order valence-corrected chi connectivity index (χ1v) is 38.4. The zero-order valence-electron chi connectivity index (χ0n) is 60.6. The van der Waals surface area contributed by atoms with E-state index >= 15 is 0 Å². The minimum Gasteiger partial charge on any atom is -0.476 e. The van der Waals surface area contributed by atoms with Crippen molar-refractivity contribution in [3.8, 4) is 21.6 Å². The number of likely N-dealkylation sites (tertiary alicyclic amines) is 1. The summed E-state index contributed by atoms with van der Waals surface area (Å²) in [4.78, 5) is 75.5. The third kappa shape index (κ3) is 16.5. The number of hydrogen-bond donors (Lipinski definition) is 5. The first kappa shape index (κ1) is 72.5. The molecule has 1 saturated heterocycles. The van der Waals surface area contributed by atoms with E-state index in [4.69, 9.17) is 24.9 Å². The van der Waals surface area contributed by atoms with Gasteiger partial charge in [0.15, 0.2) is 22.5 Å². The van der Waals surface area contributed by atoms with Gasteiger partial charge in [0.25, 0.3) is 0 Å². The van der Waals surface area contributed by atoms with Crippen molar-refractivity contribution in [1.82, 2.24) is 55.4 Å². The van der Waals surface area contributed by atoms with Crippen LogP contribution in [0.5, 0.6) is 0 Å². The smallest absolute Gasteiger partial charge is 0.355 e. The first-order valence-electron chi connectivity index (χ1n) is 36.7. The Hall–Kier alpha value is -7.24. The Morgan fingerprint density at radius 2 is 1.51 bits per heavy atom. The van der Waals surface area contributed by atoms with Crippen LogP contribution in [0.2, 0.25) is 0 Å². The van der Waals surface area contributed by atoms with Gasteiger partial charge in [0, 0.05) is 67.0 Å². The number of para-hydroxylation sites is 1. The second-order valence-electron chi connectivity index (χ2n) is 32.1. The van der Waals surface area contributed by atoms with Crippen molar-refractivity contribution in [3.05, 3.63) is 106 Å². The van der Waals surface area contributed by atoms with Crippen molar-refractivity contribution in [2.45, 2.75) is 234 Å². The molecule has 2 aromatic carbocycles. The lowest BCUT2D eigenvalue weighted by Gasteiger charge is -2.69. The van der Waals surface area contributed by atoms with Crippen LogP contribution in [0.15, 0.2) is 72.4 Å². The van der Waals surface area contributed by atoms with E-state index in [1.54, 1.807) is 22.7 Å². The van der Waals surface area contributed by atoms with E-state index in [9.17, 15) is 29.4 Å². The highest BCUT2D eigenvalue weighted by Gasteiger charge is 2.66. The third-order valence-corrected chi connectivity index (χ3v) is 24.1. The van der Waals surface area contributed by atoms with Crippen LogP contribution in [0.3, 0.4) is 0 Å². The highest BCUT2D eigenvalue weighted by molar-refractivity contribution is 7.22. The number of carboxylic acid groups (broad SMARTS) is 1. The zero-order valence-corrected chi connectivity index (χ0v) is 62.2. The number of pyridine rings is 1. The Morgan fingerprint density at radius 3 is 2.19 bits per heavy atom. The largest absolute Gasteiger partial charge is 0.476 e. The van der Waals surface area contributed by atoms with Crippen LogP contribution in [0.4, 0.5) is 22.6 Å². The molecule has 536 valence electrons. The lowest BCUT2D eigenvalue weighted by Crippen LogP contribution is -2.64. The lowest BCUT2D eigenvalue weighted by atomic mass is 9.39. The molecule has 4 saturated carbocycles. The predicted octanol–water partition coefficient (Wildman–Crippen LogP) is 15.0. The minimum absolute atomic E-state index is 0.00802. The highest BCUT2D eigenvalue weighted by Crippen LogP contribution is 2.72. The number of carbonyl (C=O) groups excluding carboxylic acids is 3. The van der Waals surface area contributed by atoms with Gasteiger partial charge in [-0.3, -0.25) is 19.1 Å². The number of likely N-dealkylation sites (N-methyl/N-ethyl adjacent to an activating group) is 1. The van der Waals surface area contributed by atoms with Crippen LogP contribution in [0.25, 0.3) is 31.8 Å². The number of aromatic nitrogens is 7. The highest BCUT2D eigenvalue weighted by atomic mass is 32.1. The molecule has 5 aromatic heterocycles. The Morgan fingerprint density at radius 1 is 0.810 bits per heavy atom. The molecule has 7 aromatic rings. The summed E-state index contributed by atoms with van der Waals surface area (Å²) in [7, 11) is 2.23. The van der Waals surface area contributed by atoms with Gasteiger partial charge in [-0.25, -0.2) is 19.7 Å². The number of carboxylic acids is 1. The van der Waals surface area contributed by atoms with Crippen molar-refractivity contribution in [2.75, 3.05) is 50.1 Å². The van der Waals surface area contributed by atoms with Gasteiger partial charge in [-0.05, 0) is 163 Å². The molecule has 0 radical (unpaired) electrons. The van der Waals surface area contributed by atoms with Crippen LogP contribution in [0, 0.1) is 42.4 Å². The monoisotopic (exact) mass is 1400 g/mol. The van der Waals surface area contributed by atoms with E-state index in [0.29, 0.717) is 36.0 Å². The van der Waals surface area contributed by atoms with Gasteiger partial charge in [-0.2, -0.15) is 5.10 Å². The van der Waals surface area contributed by atoms with E-state index in [0.717, 1.165) is 156 Å². The molecule has 20 nitrogen and oxygen atoms in total. The average Bonchev–Trinajstić information content (AvgIpc) is 0.805. The van der Waals surface area contributed by atoms with E-state index < -0.39 is 29.6 Å². The van der Waals surface area contributed by atoms with Crippen LogP contribution in [0.1, 0.15) is 215 Å². The van der Waals surface area contributed by atoms with E-state index in [1.165, 1.54) is 56.3 Å². The third-order valence-electron chi connectivity index (χ3n) is 22.2. The molecule has 3 amide bonds. The molecular weight excluding hydrogens is 1300 g/mol. The molecule has 2 aliphatic heterocycles. The number of aliphatic hydroxyl groups excluding tert-OH is 1. The van der Waals surface area contributed by atoms with Crippen molar-refractivity contribution >= 4 is 79.2 Å². The lowest BCUT2D eigenvalue weighted by molar-refractivity contribution is -0.248. The molecule has 4 aliphatic carbocycles. The first-order chi connectivity index (χ1) is 47.8. The van der Waals surface area contributed by atoms with Crippen molar-refractivity contribution in [2.24, 2.45) is 21.7 Å². The molecule has 13 rings (SSSR count). The molecule has 5 N–H and O–H groups in total. The molecule has 4 bridgehead atoms. The molecule has 5 fully saturated rings. The summed E-state index contributed by atoms with van der Waals surface area (Å²) in [6, 6.07) is 17.9. The van der Waals surface area contributed by atoms with Crippen molar-refractivity contribution in [1.29, 1.82) is 0 Å². The molecule has 22 heteroatoms. The molecule has 6 aliphatic rings. The Kier molecular flexibility index (Phi) is 22.0. The van der Waals surface area contributed by atoms with Gasteiger partial charge >= 0.3 is 5.97 Å². The average molecular weight is 1400 g/mol. The SMILES string of the molecule is Cc1ncsc1-c1ccc([C@H](C)NC(=O)[C@@H]2C[C@@H](O)CN2C(=O)[C@@H](NC(=O)CCCCCCCCCCCCCN(C)CCOC23CC4(C)CC(C)(CC(Cn5ncc(-c6ccc(N7CCCc8c7nnc(Nc7nc9ccccc9s7)c8C)nc6C(=O)O)c5C)(C4)C2)C3)C(C)(C)C)cc1. The summed E-state index contributed by atoms with van der Waals surface area (Å²) >= 11 is 3.17. The molecular formula is C78H105N13O7S2. The number of thiazole rings is 2. The number of rotatable bonds is 31. The predicted molar refractivity (Wildman–Crippen MR) is 396 cm³/mol. The van der Waals surface area contributed by atoms with E-state index in [1.807, 2.05) is 113 Å². The van der Waals surface area contributed by atoms with Crippen LogP contribution in [-0.2, 0) is 32.1 Å². The number of nitrogens with one attached hydrogen (secondary N) is 3.